The molecule has 4 heteroatoms. The fraction of sp³-hybridized carbons (Fsp3) is 0.706. The molecule has 2 aliphatic rings. The lowest BCUT2D eigenvalue weighted by Crippen LogP contribution is -2.43. The Labute approximate surface area is 128 Å². The minimum atomic E-state index is 0.456. The van der Waals surface area contributed by atoms with Crippen LogP contribution in [0.1, 0.15) is 18.5 Å². The van der Waals surface area contributed by atoms with E-state index < -0.39 is 0 Å². The van der Waals surface area contributed by atoms with E-state index in [-0.39, 0.29) is 0 Å². The van der Waals surface area contributed by atoms with Crippen LogP contribution in [-0.4, -0.2) is 61.7 Å². The van der Waals surface area contributed by atoms with Crippen molar-refractivity contribution in [2.75, 3.05) is 46.9 Å². The van der Waals surface area contributed by atoms with Gasteiger partial charge in [-0.3, -0.25) is 9.88 Å². The normalized spacial score (nSPS) is 26.5. The van der Waals surface area contributed by atoms with Gasteiger partial charge in [-0.1, -0.05) is 6.07 Å². The first-order chi connectivity index (χ1) is 10.2. The first-order valence-electron chi connectivity index (χ1n) is 8.02. The molecule has 2 saturated heterocycles. The molecule has 0 bridgehead atoms. The number of hydrogen-bond donors (Lipinski definition) is 0. The molecular formula is C17H27N3O. The Hall–Kier alpha value is -0.970. The fourth-order valence-electron chi connectivity index (χ4n) is 4.05. The van der Waals surface area contributed by atoms with Crippen LogP contribution in [-0.2, 0) is 11.3 Å². The van der Waals surface area contributed by atoms with E-state index in [1.807, 2.05) is 19.4 Å². The third-order valence-corrected chi connectivity index (χ3v) is 5.35. The van der Waals surface area contributed by atoms with Crippen LogP contribution in [0.3, 0.4) is 0 Å². The average Bonchev–Trinajstić information content (AvgIpc) is 2.81. The van der Waals surface area contributed by atoms with E-state index >= 15 is 0 Å². The first-order valence-corrected chi connectivity index (χ1v) is 8.02. The minimum absolute atomic E-state index is 0.456. The molecule has 0 radical (unpaired) electrons. The summed E-state index contributed by atoms with van der Waals surface area (Å²) in [6.45, 7) is 6.65. The molecule has 1 atom stereocenters. The summed E-state index contributed by atoms with van der Waals surface area (Å²) in [6, 6.07) is 6.20. The number of rotatable bonds is 4. The largest absolute Gasteiger partial charge is 0.384 e. The third kappa shape index (κ3) is 3.28. The zero-order valence-corrected chi connectivity index (χ0v) is 13.3. The second kappa shape index (κ2) is 6.42. The highest BCUT2D eigenvalue weighted by molar-refractivity contribution is 5.06. The molecule has 1 spiro atoms. The lowest BCUT2D eigenvalue weighted by molar-refractivity contribution is 0.0448. The smallest absolute Gasteiger partial charge is 0.0543 e. The molecule has 1 aromatic heterocycles. The Morgan fingerprint density at radius 1 is 1.33 bits per heavy atom. The molecule has 4 nitrogen and oxygen atoms in total. The highest BCUT2D eigenvalue weighted by Gasteiger charge is 2.47. The Bertz CT molecular complexity index is 443. The summed E-state index contributed by atoms with van der Waals surface area (Å²) in [5, 5.41) is 0. The van der Waals surface area contributed by atoms with Gasteiger partial charge in [0, 0.05) is 38.9 Å². The maximum absolute atomic E-state index is 5.52. The number of nitrogens with zero attached hydrogens (tertiary/aromatic N) is 3. The fourth-order valence-corrected chi connectivity index (χ4v) is 4.05. The topological polar surface area (TPSA) is 28.6 Å². The molecule has 1 aromatic rings. The summed E-state index contributed by atoms with van der Waals surface area (Å²) in [6.07, 6.45) is 4.50. The van der Waals surface area contributed by atoms with Gasteiger partial charge in [0.2, 0.25) is 0 Å². The number of hydrogen-bond acceptors (Lipinski definition) is 4. The van der Waals surface area contributed by atoms with Gasteiger partial charge in [0.1, 0.15) is 0 Å². The SMILES string of the molecule is COCC1CN(Cc2ccccn2)CC12CCN(C)CC2. The van der Waals surface area contributed by atoms with E-state index in [2.05, 4.69) is 34.0 Å². The lowest BCUT2D eigenvalue weighted by Gasteiger charge is -2.41. The van der Waals surface area contributed by atoms with Crippen molar-refractivity contribution in [3.63, 3.8) is 0 Å². The van der Waals surface area contributed by atoms with Crippen molar-refractivity contribution >= 4 is 0 Å². The first kappa shape index (κ1) is 14.9. The Kier molecular flexibility index (Phi) is 4.57. The molecular weight excluding hydrogens is 262 g/mol. The summed E-state index contributed by atoms with van der Waals surface area (Å²) in [4.78, 5) is 9.51. The van der Waals surface area contributed by atoms with Crippen molar-refractivity contribution in [1.29, 1.82) is 0 Å². The predicted octanol–water partition coefficient (Wildman–Crippen LogP) is 1.87. The second-order valence-corrected chi connectivity index (χ2v) is 6.81. The molecule has 2 aliphatic heterocycles. The van der Waals surface area contributed by atoms with Crippen LogP contribution in [0.25, 0.3) is 0 Å². The maximum Gasteiger partial charge on any atom is 0.0543 e. The zero-order valence-electron chi connectivity index (χ0n) is 13.3. The molecule has 3 rings (SSSR count). The number of ether oxygens (including phenoxy) is 1. The average molecular weight is 289 g/mol. The molecule has 0 N–H and O–H groups in total. The molecule has 116 valence electrons. The molecule has 3 heterocycles. The van der Waals surface area contributed by atoms with E-state index in [1.165, 1.54) is 38.2 Å². The molecule has 0 aromatic carbocycles. The summed E-state index contributed by atoms with van der Waals surface area (Å²) >= 11 is 0. The van der Waals surface area contributed by atoms with Gasteiger partial charge in [-0.2, -0.15) is 0 Å². The van der Waals surface area contributed by atoms with Crippen LogP contribution >= 0.6 is 0 Å². The third-order valence-electron chi connectivity index (χ3n) is 5.35. The summed E-state index contributed by atoms with van der Waals surface area (Å²) < 4.78 is 5.52. The van der Waals surface area contributed by atoms with Crippen LogP contribution in [0, 0.1) is 11.3 Å². The minimum Gasteiger partial charge on any atom is -0.384 e. The van der Waals surface area contributed by atoms with E-state index in [4.69, 9.17) is 4.74 Å². The van der Waals surface area contributed by atoms with Crippen LogP contribution in [0.2, 0.25) is 0 Å². The molecule has 0 saturated carbocycles. The number of pyridine rings is 1. The molecule has 0 aliphatic carbocycles. The number of methoxy groups -OCH3 is 1. The highest BCUT2D eigenvalue weighted by Crippen LogP contribution is 2.44. The summed E-state index contributed by atoms with van der Waals surface area (Å²) in [5.74, 6) is 0.667. The maximum atomic E-state index is 5.52. The van der Waals surface area contributed by atoms with Gasteiger partial charge in [0.15, 0.2) is 0 Å². The number of likely N-dealkylation sites (tertiary alicyclic amines) is 2. The van der Waals surface area contributed by atoms with E-state index in [0.29, 0.717) is 11.3 Å². The molecule has 21 heavy (non-hydrogen) atoms. The summed E-state index contributed by atoms with van der Waals surface area (Å²) in [7, 11) is 4.07. The van der Waals surface area contributed by atoms with Crippen molar-refractivity contribution < 1.29 is 4.74 Å². The van der Waals surface area contributed by atoms with Gasteiger partial charge in [-0.15, -0.1) is 0 Å². The van der Waals surface area contributed by atoms with E-state index in [9.17, 15) is 0 Å². The van der Waals surface area contributed by atoms with Gasteiger partial charge in [-0.05, 0) is 50.5 Å². The Morgan fingerprint density at radius 3 is 2.81 bits per heavy atom. The number of aromatic nitrogens is 1. The monoisotopic (exact) mass is 289 g/mol. The van der Waals surface area contributed by atoms with Crippen molar-refractivity contribution in [2.45, 2.75) is 19.4 Å². The van der Waals surface area contributed by atoms with Gasteiger partial charge >= 0.3 is 0 Å². The van der Waals surface area contributed by atoms with Gasteiger partial charge in [0.05, 0.1) is 12.3 Å². The number of piperidine rings is 1. The molecule has 1 unspecified atom stereocenters. The quantitative estimate of drug-likeness (QED) is 0.846. The highest BCUT2D eigenvalue weighted by atomic mass is 16.5. The van der Waals surface area contributed by atoms with Crippen LogP contribution < -0.4 is 0 Å². The standard InChI is InChI=1S/C17H27N3O/c1-19-9-6-17(7-10-19)14-20(11-15(17)13-21-2)12-16-5-3-4-8-18-16/h3-5,8,15H,6-7,9-14H2,1-2H3. The van der Waals surface area contributed by atoms with Crippen molar-refractivity contribution in [1.82, 2.24) is 14.8 Å². The Balaban J connectivity index is 1.69. The van der Waals surface area contributed by atoms with Crippen molar-refractivity contribution in [3.8, 4) is 0 Å². The van der Waals surface area contributed by atoms with E-state index in [0.717, 1.165) is 19.7 Å². The van der Waals surface area contributed by atoms with Crippen LogP contribution in [0.15, 0.2) is 24.4 Å². The van der Waals surface area contributed by atoms with Crippen LogP contribution in [0.5, 0.6) is 0 Å². The predicted molar refractivity (Wildman–Crippen MR) is 84.0 cm³/mol. The molecule has 2 fully saturated rings. The van der Waals surface area contributed by atoms with E-state index in [1.54, 1.807) is 0 Å². The Morgan fingerprint density at radius 2 is 2.14 bits per heavy atom. The van der Waals surface area contributed by atoms with Crippen molar-refractivity contribution in [2.24, 2.45) is 11.3 Å². The van der Waals surface area contributed by atoms with Crippen molar-refractivity contribution in [3.05, 3.63) is 30.1 Å². The lowest BCUT2D eigenvalue weighted by atomic mass is 9.71. The van der Waals surface area contributed by atoms with Gasteiger partial charge in [-0.25, -0.2) is 0 Å². The molecule has 0 amide bonds. The zero-order chi connectivity index (χ0) is 14.7. The van der Waals surface area contributed by atoms with Gasteiger partial charge < -0.3 is 9.64 Å². The summed E-state index contributed by atoms with van der Waals surface area (Å²) in [5.41, 5.74) is 1.63. The van der Waals surface area contributed by atoms with Crippen LogP contribution in [0.4, 0.5) is 0 Å². The van der Waals surface area contributed by atoms with Gasteiger partial charge in [0.25, 0.3) is 0 Å². The second-order valence-electron chi connectivity index (χ2n) is 6.81.